The van der Waals surface area contributed by atoms with Crippen molar-refractivity contribution in [2.45, 2.75) is 38.8 Å². The number of pyridine rings is 1. The number of aromatic nitrogens is 2. The lowest BCUT2D eigenvalue weighted by atomic mass is 10.0. The number of Topliss-reactive ketones (excluding diaryl/α,β-unsaturated/α-hetero) is 1. The Morgan fingerprint density at radius 2 is 1.78 bits per heavy atom. The van der Waals surface area contributed by atoms with Crippen molar-refractivity contribution in [3.05, 3.63) is 70.2 Å². The summed E-state index contributed by atoms with van der Waals surface area (Å²) in [4.78, 5) is 39.3. The second kappa shape index (κ2) is 12.1. The average molecular weight is 590 g/mol. The molecular weight excluding hydrogens is 559 g/mol. The first kappa shape index (κ1) is 28.9. The summed E-state index contributed by atoms with van der Waals surface area (Å²) in [5.41, 5.74) is -0.0365. The molecule has 2 saturated heterocycles. The SMILES string of the molecule is CC1CCCN(c2nc(C(F)(F)F)c(C(=O)Cc3ccc(N4CCN(C(=O)Cc5ccccc5Cl)CC4)nc3)o2)C1. The molecule has 0 aliphatic carbocycles. The molecule has 4 heterocycles. The predicted octanol–water partition coefficient (Wildman–Crippen LogP) is 5.29. The first-order valence-electron chi connectivity index (χ1n) is 13.7. The van der Waals surface area contributed by atoms with Crippen molar-refractivity contribution < 1.29 is 27.2 Å². The number of oxazole rings is 1. The average Bonchev–Trinajstić information content (AvgIpc) is 3.42. The van der Waals surface area contributed by atoms with Crippen LogP contribution in [-0.2, 0) is 23.8 Å². The van der Waals surface area contributed by atoms with Gasteiger partial charge in [0.25, 0.3) is 6.01 Å². The zero-order valence-electron chi connectivity index (χ0n) is 22.7. The number of piperazine rings is 1. The van der Waals surface area contributed by atoms with Gasteiger partial charge in [0.2, 0.25) is 17.5 Å². The minimum absolute atomic E-state index is 0.00293. The largest absolute Gasteiger partial charge is 0.437 e. The van der Waals surface area contributed by atoms with Crippen molar-refractivity contribution in [1.82, 2.24) is 14.9 Å². The van der Waals surface area contributed by atoms with Gasteiger partial charge in [-0.25, -0.2) is 4.98 Å². The molecule has 0 saturated carbocycles. The summed E-state index contributed by atoms with van der Waals surface area (Å²) in [6, 6.07) is 10.5. The third-order valence-corrected chi connectivity index (χ3v) is 7.86. The number of rotatable bonds is 7. The molecule has 0 N–H and O–H groups in total. The van der Waals surface area contributed by atoms with Crippen LogP contribution in [0.5, 0.6) is 0 Å². The smallest absolute Gasteiger partial charge is 0.420 e. The van der Waals surface area contributed by atoms with Gasteiger partial charge in [-0.2, -0.15) is 18.2 Å². The fourth-order valence-corrected chi connectivity index (χ4v) is 5.47. The van der Waals surface area contributed by atoms with Crippen LogP contribution in [0.3, 0.4) is 0 Å². The van der Waals surface area contributed by atoms with Gasteiger partial charge in [-0.15, -0.1) is 0 Å². The summed E-state index contributed by atoms with van der Waals surface area (Å²) in [7, 11) is 0. The van der Waals surface area contributed by atoms with Crippen molar-refractivity contribution >= 4 is 35.1 Å². The summed E-state index contributed by atoms with van der Waals surface area (Å²) in [5, 5.41) is 0.567. The van der Waals surface area contributed by atoms with Crippen molar-refractivity contribution in [1.29, 1.82) is 0 Å². The third-order valence-electron chi connectivity index (χ3n) is 7.49. The highest BCUT2D eigenvalue weighted by Gasteiger charge is 2.42. The van der Waals surface area contributed by atoms with Crippen molar-refractivity contribution in [3.8, 4) is 0 Å². The van der Waals surface area contributed by atoms with Crippen molar-refractivity contribution in [3.63, 3.8) is 0 Å². The van der Waals surface area contributed by atoms with E-state index in [2.05, 4.69) is 9.97 Å². The van der Waals surface area contributed by atoms with E-state index in [1.165, 1.54) is 6.20 Å². The Kier molecular flexibility index (Phi) is 8.53. The zero-order chi connectivity index (χ0) is 29.1. The number of piperidine rings is 1. The lowest BCUT2D eigenvalue weighted by molar-refractivity contribution is -0.141. The van der Waals surface area contributed by atoms with Gasteiger partial charge in [-0.1, -0.05) is 42.8 Å². The monoisotopic (exact) mass is 589 g/mol. The number of halogens is 4. The van der Waals surface area contributed by atoms with Gasteiger partial charge in [0.15, 0.2) is 5.69 Å². The number of hydrogen-bond donors (Lipinski definition) is 0. The Morgan fingerprint density at radius 1 is 1.02 bits per heavy atom. The van der Waals surface area contributed by atoms with Crippen LogP contribution in [-0.4, -0.2) is 65.8 Å². The minimum atomic E-state index is -4.81. The number of ketones is 1. The molecule has 3 aromatic rings. The Bertz CT molecular complexity index is 1390. The van der Waals surface area contributed by atoms with E-state index < -0.39 is 23.4 Å². The van der Waals surface area contributed by atoms with Gasteiger partial charge in [-0.05, 0) is 42.0 Å². The highest BCUT2D eigenvalue weighted by Crippen LogP contribution is 2.35. The van der Waals surface area contributed by atoms with E-state index in [9.17, 15) is 22.8 Å². The van der Waals surface area contributed by atoms with E-state index in [1.807, 2.05) is 30.0 Å². The summed E-state index contributed by atoms with van der Waals surface area (Å²) < 4.78 is 46.6. The van der Waals surface area contributed by atoms with Crippen molar-refractivity contribution in [2.24, 2.45) is 5.92 Å². The lowest BCUT2D eigenvalue weighted by Gasteiger charge is -2.35. The molecule has 41 heavy (non-hydrogen) atoms. The molecule has 1 unspecified atom stereocenters. The maximum absolute atomic E-state index is 13.7. The Balaban J connectivity index is 1.20. The van der Waals surface area contributed by atoms with Crippen LogP contribution in [0.4, 0.5) is 25.0 Å². The molecule has 8 nitrogen and oxygen atoms in total. The highest BCUT2D eigenvalue weighted by atomic mass is 35.5. The number of nitrogens with zero attached hydrogens (tertiary/aromatic N) is 5. The van der Waals surface area contributed by atoms with Crippen molar-refractivity contribution in [2.75, 3.05) is 49.1 Å². The van der Waals surface area contributed by atoms with Crippen LogP contribution in [0, 0.1) is 5.92 Å². The first-order valence-corrected chi connectivity index (χ1v) is 14.0. The second-order valence-electron chi connectivity index (χ2n) is 10.6. The number of hydrogen-bond acceptors (Lipinski definition) is 7. The highest BCUT2D eigenvalue weighted by molar-refractivity contribution is 6.31. The molecular formula is C29H31ClF3N5O3. The van der Waals surface area contributed by atoms with Crippen LogP contribution in [0.25, 0.3) is 0 Å². The fraction of sp³-hybridized carbons (Fsp3) is 0.448. The molecule has 2 aromatic heterocycles. The summed E-state index contributed by atoms with van der Waals surface area (Å²) in [5.74, 6) is -0.612. The number of amides is 1. The third kappa shape index (κ3) is 6.83. The van der Waals surface area contributed by atoms with Gasteiger partial charge in [0.05, 0.1) is 6.42 Å². The topological polar surface area (TPSA) is 82.8 Å². The van der Waals surface area contributed by atoms with Crippen LogP contribution >= 0.6 is 11.6 Å². The van der Waals surface area contributed by atoms with E-state index in [-0.39, 0.29) is 24.8 Å². The molecule has 1 amide bonds. The summed E-state index contributed by atoms with van der Waals surface area (Å²) >= 11 is 6.19. The minimum Gasteiger partial charge on any atom is -0.420 e. The zero-order valence-corrected chi connectivity index (χ0v) is 23.4. The molecule has 0 bridgehead atoms. The maximum Gasteiger partial charge on any atom is 0.437 e. The number of benzene rings is 1. The number of carbonyl (C=O) groups is 2. The summed E-state index contributed by atoms with van der Waals surface area (Å²) in [6.45, 7) is 5.27. The van der Waals surface area contributed by atoms with Crippen LogP contribution < -0.4 is 9.80 Å². The van der Waals surface area contributed by atoms with E-state index in [1.54, 1.807) is 28.0 Å². The Hall–Kier alpha value is -3.60. The predicted molar refractivity (Wildman–Crippen MR) is 148 cm³/mol. The van der Waals surface area contributed by atoms with Gasteiger partial charge in [0.1, 0.15) is 5.82 Å². The molecule has 2 aliphatic rings. The van der Waals surface area contributed by atoms with Crippen LogP contribution in [0.15, 0.2) is 47.0 Å². The fourth-order valence-electron chi connectivity index (χ4n) is 5.26. The van der Waals surface area contributed by atoms with Gasteiger partial charge < -0.3 is 19.1 Å². The molecule has 218 valence electrons. The number of carbonyl (C=O) groups excluding carboxylic acids is 2. The summed E-state index contributed by atoms with van der Waals surface area (Å²) in [6.07, 6.45) is -1.59. The molecule has 0 radical (unpaired) electrons. The second-order valence-corrected chi connectivity index (χ2v) is 11.0. The molecule has 2 aliphatic heterocycles. The van der Waals surface area contributed by atoms with E-state index >= 15 is 0 Å². The molecule has 2 fully saturated rings. The van der Waals surface area contributed by atoms with Gasteiger partial charge >= 0.3 is 6.18 Å². The number of alkyl halides is 3. The maximum atomic E-state index is 13.7. The molecule has 5 rings (SSSR count). The Labute approximate surface area is 241 Å². The van der Waals surface area contributed by atoms with E-state index in [4.69, 9.17) is 16.0 Å². The Morgan fingerprint density at radius 3 is 2.44 bits per heavy atom. The molecule has 1 aromatic carbocycles. The van der Waals surface area contributed by atoms with Gasteiger partial charge in [-0.3, -0.25) is 9.59 Å². The van der Waals surface area contributed by atoms with E-state index in [0.717, 1.165) is 18.4 Å². The first-order chi connectivity index (χ1) is 19.6. The molecule has 1 atom stereocenters. The lowest BCUT2D eigenvalue weighted by Crippen LogP contribution is -2.49. The standard InChI is InChI=1S/C29H31ClF3N5O3/c1-19-5-4-10-38(18-19)28-35-27(29(31,32)33)26(41-28)23(39)15-20-8-9-24(34-17-20)36-11-13-37(14-12-36)25(40)16-21-6-2-3-7-22(21)30/h2-3,6-9,17,19H,4-5,10-16,18H2,1H3. The number of anilines is 2. The normalized spacial score (nSPS) is 18.1. The quantitative estimate of drug-likeness (QED) is 0.346. The molecule has 0 spiro atoms. The van der Waals surface area contributed by atoms with Gasteiger partial charge in [0, 0.05) is 56.9 Å². The van der Waals surface area contributed by atoms with Crippen LogP contribution in [0.2, 0.25) is 5.02 Å². The van der Waals surface area contributed by atoms with Crippen LogP contribution in [0.1, 0.15) is 47.1 Å². The van der Waals surface area contributed by atoms with E-state index in [0.29, 0.717) is 61.6 Å². The molecule has 12 heteroatoms.